The van der Waals surface area contributed by atoms with Gasteiger partial charge in [0, 0.05) is 50.3 Å². The third kappa shape index (κ3) is 5.32. The van der Waals surface area contributed by atoms with E-state index in [1.54, 1.807) is 16.7 Å². The van der Waals surface area contributed by atoms with Crippen LogP contribution in [0.15, 0.2) is 65.6 Å². The van der Waals surface area contributed by atoms with Gasteiger partial charge in [-0.1, -0.05) is 12.1 Å². The molecule has 1 aliphatic heterocycles. The van der Waals surface area contributed by atoms with Gasteiger partial charge in [0.15, 0.2) is 11.6 Å². The molecule has 0 amide bonds. The number of carbonyl (C=O) groups is 1. The topological polar surface area (TPSA) is 102 Å². The van der Waals surface area contributed by atoms with Crippen molar-refractivity contribution in [2.45, 2.75) is 6.54 Å². The van der Waals surface area contributed by atoms with Crippen molar-refractivity contribution in [3.8, 4) is 17.5 Å². The minimum Gasteiger partial charge on any atom is -0.492 e. The van der Waals surface area contributed by atoms with Crippen LogP contribution >= 0.6 is 0 Å². The maximum absolute atomic E-state index is 15.8. The summed E-state index contributed by atoms with van der Waals surface area (Å²) in [5, 5.41) is 18.8. The second kappa shape index (κ2) is 11.3. The van der Waals surface area contributed by atoms with E-state index in [0.717, 1.165) is 23.9 Å². The number of aromatic nitrogens is 1. The highest BCUT2D eigenvalue weighted by atomic mass is 19.1. The van der Waals surface area contributed by atoms with E-state index in [4.69, 9.17) is 10.00 Å². The monoisotopic (exact) mass is 555 g/mol. The first-order valence-corrected chi connectivity index (χ1v) is 13.1. The fourth-order valence-electron chi connectivity index (χ4n) is 5.32. The summed E-state index contributed by atoms with van der Waals surface area (Å²) in [4.78, 5) is 31.3. The van der Waals surface area contributed by atoms with Gasteiger partial charge in [0.05, 0.1) is 24.1 Å². The average molecular weight is 556 g/mol. The summed E-state index contributed by atoms with van der Waals surface area (Å²) >= 11 is 0. The quantitative estimate of drug-likeness (QED) is 0.364. The summed E-state index contributed by atoms with van der Waals surface area (Å²) in [6.07, 6.45) is 1.28. The number of aromatic carboxylic acids is 1. The van der Waals surface area contributed by atoms with Crippen molar-refractivity contribution in [1.82, 2.24) is 9.47 Å². The number of carboxylic acids is 1. The van der Waals surface area contributed by atoms with Crippen LogP contribution in [-0.2, 0) is 6.54 Å². The molecule has 1 aromatic heterocycles. The molecule has 1 fully saturated rings. The van der Waals surface area contributed by atoms with Crippen molar-refractivity contribution in [3.05, 3.63) is 93.5 Å². The number of nitriles is 1. The smallest absolute Gasteiger partial charge is 0.341 e. The van der Waals surface area contributed by atoms with Crippen molar-refractivity contribution in [3.63, 3.8) is 0 Å². The molecule has 2 heterocycles. The number of halogens is 1. The van der Waals surface area contributed by atoms with Crippen LogP contribution < -0.4 is 20.0 Å². The second-order valence-corrected chi connectivity index (χ2v) is 10.2. The maximum Gasteiger partial charge on any atom is 0.341 e. The van der Waals surface area contributed by atoms with Gasteiger partial charge in [-0.25, -0.2) is 9.18 Å². The van der Waals surface area contributed by atoms with Gasteiger partial charge in [-0.3, -0.25) is 4.79 Å². The zero-order valence-electron chi connectivity index (χ0n) is 23.1. The Hall–Kier alpha value is -4.88. The molecule has 0 bridgehead atoms. The van der Waals surface area contributed by atoms with E-state index in [9.17, 15) is 14.7 Å². The summed E-state index contributed by atoms with van der Waals surface area (Å²) in [7, 11) is 5.35. The molecule has 3 aromatic carbocycles. The zero-order valence-corrected chi connectivity index (χ0v) is 23.1. The number of fused-ring (bicyclic) bond motifs is 1. The van der Waals surface area contributed by atoms with Gasteiger partial charge >= 0.3 is 5.97 Å². The molecule has 5 rings (SSSR count). The van der Waals surface area contributed by atoms with Gasteiger partial charge < -0.3 is 29.1 Å². The molecule has 0 aliphatic carbocycles. The highest BCUT2D eigenvalue weighted by molar-refractivity contribution is 5.97. The largest absolute Gasteiger partial charge is 0.492 e. The molecule has 1 N–H and O–H groups in total. The standard InChI is InChI=1S/C31H30FN5O4/c1-34(2)18-21-6-10-23(11-7-21)37-19-25(31(39)40)29(38)24-16-26(32)28(30(41-3)27(24)37)36-14-12-35(13-15-36)22-8-4-20(17-33)5-9-22/h4-11,16,19H,12-15,18H2,1-3H3,(H,39,40). The third-order valence-corrected chi connectivity index (χ3v) is 7.28. The average Bonchev–Trinajstić information content (AvgIpc) is 2.97. The Balaban J connectivity index is 1.60. The lowest BCUT2D eigenvalue weighted by molar-refractivity contribution is 0.0695. The Bertz CT molecular complexity index is 1700. The molecule has 1 aliphatic rings. The van der Waals surface area contributed by atoms with Gasteiger partial charge in [-0.05, 0) is 62.1 Å². The lowest BCUT2D eigenvalue weighted by Crippen LogP contribution is -2.47. The molecule has 0 radical (unpaired) electrons. The van der Waals surface area contributed by atoms with E-state index in [1.165, 1.54) is 13.3 Å². The van der Waals surface area contributed by atoms with E-state index in [2.05, 4.69) is 11.0 Å². The van der Waals surface area contributed by atoms with E-state index in [0.29, 0.717) is 42.9 Å². The fourth-order valence-corrected chi connectivity index (χ4v) is 5.32. The Morgan fingerprint density at radius 1 is 1.02 bits per heavy atom. The Morgan fingerprint density at radius 2 is 1.63 bits per heavy atom. The van der Waals surface area contributed by atoms with Gasteiger partial charge in [0.25, 0.3) is 0 Å². The number of piperazine rings is 1. The minimum absolute atomic E-state index is 0.0726. The lowest BCUT2D eigenvalue weighted by atomic mass is 10.1. The first-order chi connectivity index (χ1) is 19.7. The molecule has 0 atom stereocenters. The molecule has 9 nitrogen and oxygen atoms in total. The van der Waals surface area contributed by atoms with Crippen LogP contribution in [0.1, 0.15) is 21.5 Å². The van der Waals surface area contributed by atoms with Crippen molar-refractivity contribution in [1.29, 1.82) is 5.26 Å². The van der Waals surface area contributed by atoms with Crippen LogP contribution in [0.25, 0.3) is 16.6 Å². The molecule has 10 heteroatoms. The number of pyridine rings is 1. The predicted molar refractivity (Wildman–Crippen MR) is 156 cm³/mol. The number of carboxylic acid groups (broad SMARTS) is 1. The van der Waals surface area contributed by atoms with Crippen molar-refractivity contribution >= 4 is 28.2 Å². The molecule has 0 unspecified atom stereocenters. The number of methoxy groups -OCH3 is 1. The van der Waals surface area contributed by atoms with E-state index in [1.807, 2.05) is 60.3 Å². The first kappa shape index (κ1) is 27.7. The van der Waals surface area contributed by atoms with Crippen LogP contribution in [0.5, 0.6) is 5.75 Å². The minimum atomic E-state index is -1.39. The lowest BCUT2D eigenvalue weighted by Gasteiger charge is -2.38. The van der Waals surface area contributed by atoms with Crippen LogP contribution in [0, 0.1) is 17.1 Å². The summed E-state index contributed by atoms with van der Waals surface area (Å²) < 4.78 is 23.2. The highest BCUT2D eigenvalue weighted by Gasteiger charge is 2.28. The Kier molecular flexibility index (Phi) is 7.64. The maximum atomic E-state index is 15.8. The molecule has 210 valence electrons. The summed E-state index contributed by atoms with van der Waals surface area (Å²) in [5.74, 6) is -1.89. The van der Waals surface area contributed by atoms with Crippen LogP contribution in [0.3, 0.4) is 0 Å². The third-order valence-electron chi connectivity index (χ3n) is 7.28. The molecule has 1 saturated heterocycles. The fraction of sp³-hybridized carbons (Fsp3) is 0.258. The zero-order chi connectivity index (χ0) is 29.3. The molecule has 0 saturated carbocycles. The molecular weight excluding hydrogens is 525 g/mol. The number of anilines is 2. The molecule has 4 aromatic rings. The number of hydrogen-bond donors (Lipinski definition) is 1. The Labute approximate surface area is 236 Å². The summed E-state index contributed by atoms with van der Waals surface area (Å²) in [6, 6.07) is 18.1. The Morgan fingerprint density at radius 3 is 2.20 bits per heavy atom. The van der Waals surface area contributed by atoms with Gasteiger partial charge in [-0.2, -0.15) is 5.26 Å². The number of rotatable bonds is 7. The molecule has 0 spiro atoms. The van der Waals surface area contributed by atoms with Gasteiger partial charge in [-0.15, -0.1) is 0 Å². The van der Waals surface area contributed by atoms with Crippen LogP contribution in [-0.4, -0.2) is 67.9 Å². The van der Waals surface area contributed by atoms with Crippen molar-refractivity contribution < 1.29 is 19.0 Å². The first-order valence-electron chi connectivity index (χ1n) is 13.1. The normalized spacial score (nSPS) is 13.5. The SMILES string of the molecule is COc1c(N2CCN(c3ccc(C#N)cc3)CC2)c(F)cc2c(=O)c(C(=O)O)cn(-c3ccc(CN(C)C)cc3)c12. The highest BCUT2D eigenvalue weighted by Crippen LogP contribution is 2.39. The second-order valence-electron chi connectivity index (χ2n) is 10.2. The van der Waals surface area contributed by atoms with E-state index >= 15 is 4.39 Å². The molecule has 41 heavy (non-hydrogen) atoms. The van der Waals surface area contributed by atoms with E-state index < -0.39 is 22.8 Å². The number of hydrogen-bond acceptors (Lipinski definition) is 7. The van der Waals surface area contributed by atoms with E-state index in [-0.39, 0.29) is 16.8 Å². The van der Waals surface area contributed by atoms with Gasteiger partial charge in [0.1, 0.15) is 16.8 Å². The summed E-state index contributed by atoms with van der Waals surface area (Å²) in [5.41, 5.74) is 2.52. The number of ether oxygens (including phenoxy) is 1. The molecular formula is C31H30FN5O4. The number of nitrogens with zero attached hydrogens (tertiary/aromatic N) is 5. The van der Waals surface area contributed by atoms with Crippen LogP contribution in [0.4, 0.5) is 15.8 Å². The van der Waals surface area contributed by atoms with Gasteiger partial charge in [0.2, 0.25) is 5.43 Å². The predicted octanol–water partition coefficient (Wildman–Crippen LogP) is 4.10. The van der Waals surface area contributed by atoms with Crippen molar-refractivity contribution in [2.24, 2.45) is 0 Å². The summed E-state index contributed by atoms with van der Waals surface area (Å²) in [6.45, 7) is 2.89. The number of benzene rings is 3. The van der Waals surface area contributed by atoms with Crippen LogP contribution in [0.2, 0.25) is 0 Å². The van der Waals surface area contributed by atoms with Crippen molar-refractivity contribution in [2.75, 3.05) is 57.2 Å².